The Kier molecular flexibility index (Phi) is 6.30. The summed E-state index contributed by atoms with van der Waals surface area (Å²) in [5.41, 5.74) is 1.79. The predicted octanol–water partition coefficient (Wildman–Crippen LogP) is 3.35. The van der Waals surface area contributed by atoms with Crippen molar-refractivity contribution in [2.75, 3.05) is 22.9 Å². The minimum Gasteiger partial charge on any atom is -0.313 e. The molecule has 0 radical (unpaired) electrons. The van der Waals surface area contributed by atoms with E-state index in [1.165, 1.54) is 11.8 Å². The second-order valence-corrected chi connectivity index (χ2v) is 5.52. The van der Waals surface area contributed by atoms with Gasteiger partial charge in [0.2, 0.25) is 11.8 Å². The fourth-order valence-electron chi connectivity index (χ4n) is 2.70. The molecule has 0 fully saturated rings. The molecule has 2 rings (SSSR count). The van der Waals surface area contributed by atoms with Gasteiger partial charge in [0.05, 0.1) is 11.3 Å². The lowest BCUT2D eigenvalue weighted by molar-refractivity contribution is -0.118. The molecule has 0 spiro atoms. The first kappa shape index (κ1) is 18.2. The Balaban J connectivity index is 2.15. The largest absolute Gasteiger partial charge is 0.313 e. The Hall–Kier alpha value is -3.13. The predicted molar refractivity (Wildman–Crippen MR) is 98.3 cm³/mol. The van der Waals surface area contributed by atoms with Crippen LogP contribution in [0.1, 0.15) is 25.8 Å². The lowest BCUT2D eigenvalue weighted by Crippen LogP contribution is -2.36. The number of carbonyl (C=O) groups is 2. The van der Waals surface area contributed by atoms with Gasteiger partial charge < -0.3 is 9.80 Å². The number of hydrogen-bond donors (Lipinski definition) is 0. The highest BCUT2D eigenvalue weighted by Gasteiger charge is 2.19. The maximum atomic E-state index is 12.6. The van der Waals surface area contributed by atoms with Crippen LogP contribution in [0, 0.1) is 11.3 Å². The third kappa shape index (κ3) is 4.45. The van der Waals surface area contributed by atoms with Gasteiger partial charge in [0, 0.05) is 32.1 Å². The highest BCUT2D eigenvalue weighted by molar-refractivity contribution is 5.96. The molecule has 0 aliphatic carbocycles. The van der Waals surface area contributed by atoms with Crippen LogP contribution in [0.15, 0.2) is 54.6 Å². The number of benzene rings is 2. The first-order valence-corrected chi connectivity index (χ1v) is 8.21. The second-order valence-electron chi connectivity index (χ2n) is 5.52. The lowest BCUT2D eigenvalue weighted by Gasteiger charge is -2.25. The number of carbonyl (C=O) groups excluding carboxylic acids is 2. The third-order valence-corrected chi connectivity index (χ3v) is 3.93. The fraction of sp³-hybridized carbons (Fsp3) is 0.250. The Morgan fingerprint density at radius 3 is 2.24 bits per heavy atom. The topological polar surface area (TPSA) is 64.4 Å². The average Bonchev–Trinajstić information content (AvgIpc) is 2.63. The quantitative estimate of drug-likeness (QED) is 0.813. The molecule has 5 heteroatoms. The SMILES string of the molecule is CCN(C(=O)CCN(C(C)=O)c1ccccc1C#N)c1ccccc1. The molecular weight excluding hydrogens is 314 g/mol. The van der Waals surface area contributed by atoms with Gasteiger partial charge in [-0.2, -0.15) is 5.26 Å². The molecule has 0 aliphatic rings. The fourth-order valence-corrected chi connectivity index (χ4v) is 2.70. The maximum Gasteiger partial charge on any atom is 0.228 e. The summed E-state index contributed by atoms with van der Waals surface area (Å²) in [7, 11) is 0. The van der Waals surface area contributed by atoms with E-state index >= 15 is 0 Å². The maximum absolute atomic E-state index is 12.6. The number of hydrogen-bond acceptors (Lipinski definition) is 3. The Bertz CT molecular complexity index is 781. The Labute approximate surface area is 148 Å². The van der Waals surface area contributed by atoms with E-state index in [2.05, 4.69) is 6.07 Å². The van der Waals surface area contributed by atoms with E-state index in [0.717, 1.165) is 5.69 Å². The second kappa shape index (κ2) is 8.65. The minimum atomic E-state index is -0.196. The van der Waals surface area contributed by atoms with Crippen LogP contribution in [-0.4, -0.2) is 24.9 Å². The van der Waals surface area contributed by atoms with Crippen molar-refractivity contribution in [3.63, 3.8) is 0 Å². The Morgan fingerprint density at radius 1 is 1.00 bits per heavy atom. The first-order valence-electron chi connectivity index (χ1n) is 8.21. The summed E-state index contributed by atoms with van der Waals surface area (Å²) >= 11 is 0. The monoisotopic (exact) mass is 335 g/mol. The van der Waals surface area contributed by atoms with Crippen LogP contribution in [0.5, 0.6) is 0 Å². The summed E-state index contributed by atoms with van der Waals surface area (Å²) in [5, 5.41) is 9.24. The normalized spacial score (nSPS) is 9.96. The summed E-state index contributed by atoms with van der Waals surface area (Å²) in [6.45, 7) is 4.14. The van der Waals surface area contributed by atoms with Crippen LogP contribution in [0.3, 0.4) is 0 Å². The van der Waals surface area contributed by atoms with Crippen molar-refractivity contribution in [2.24, 2.45) is 0 Å². The van der Waals surface area contributed by atoms with E-state index in [9.17, 15) is 14.9 Å². The van der Waals surface area contributed by atoms with Crippen LogP contribution in [-0.2, 0) is 9.59 Å². The van der Waals surface area contributed by atoms with Gasteiger partial charge in [-0.15, -0.1) is 0 Å². The minimum absolute atomic E-state index is 0.0608. The smallest absolute Gasteiger partial charge is 0.228 e. The van der Waals surface area contributed by atoms with E-state index in [-0.39, 0.29) is 24.8 Å². The standard InChI is InChI=1S/C20H21N3O2/c1-3-22(18-10-5-4-6-11-18)20(25)13-14-23(16(2)24)19-12-8-7-9-17(19)15-21/h4-12H,3,13-14H2,1-2H3. The molecule has 0 aromatic heterocycles. The highest BCUT2D eigenvalue weighted by Crippen LogP contribution is 2.21. The highest BCUT2D eigenvalue weighted by atomic mass is 16.2. The molecule has 0 N–H and O–H groups in total. The molecule has 2 aromatic rings. The molecule has 0 bridgehead atoms. The number of para-hydroxylation sites is 2. The summed E-state index contributed by atoms with van der Waals surface area (Å²) in [6.07, 6.45) is 0.183. The van der Waals surface area contributed by atoms with Crippen molar-refractivity contribution in [1.29, 1.82) is 5.26 Å². The van der Waals surface area contributed by atoms with Crippen molar-refractivity contribution in [1.82, 2.24) is 0 Å². The van der Waals surface area contributed by atoms with E-state index in [1.807, 2.05) is 37.3 Å². The first-order chi connectivity index (χ1) is 12.1. The van der Waals surface area contributed by atoms with Crippen LogP contribution >= 0.6 is 0 Å². The molecule has 5 nitrogen and oxygen atoms in total. The number of amides is 2. The molecule has 0 unspecified atom stereocenters. The van der Waals surface area contributed by atoms with Gasteiger partial charge >= 0.3 is 0 Å². The van der Waals surface area contributed by atoms with Crippen molar-refractivity contribution in [2.45, 2.75) is 20.3 Å². The molecular formula is C20H21N3O2. The number of rotatable bonds is 6. The Morgan fingerprint density at radius 2 is 1.64 bits per heavy atom. The molecule has 0 saturated heterocycles. The van der Waals surface area contributed by atoms with Crippen molar-refractivity contribution < 1.29 is 9.59 Å². The molecule has 2 amide bonds. The van der Waals surface area contributed by atoms with Crippen molar-refractivity contribution in [3.8, 4) is 6.07 Å². The molecule has 2 aromatic carbocycles. The molecule has 25 heavy (non-hydrogen) atoms. The van der Waals surface area contributed by atoms with Crippen LogP contribution in [0.25, 0.3) is 0 Å². The van der Waals surface area contributed by atoms with Gasteiger partial charge in [0.25, 0.3) is 0 Å². The molecule has 0 atom stereocenters. The zero-order valence-electron chi connectivity index (χ0n) is 14.5. The van der Waals surface area contributed by atoms with Crippen LogP contribution < -0.4 is 9.80 Å². The van der Waals surface area contributed by atoms with Crippen LogP contribution in [0.4, 0.5) is 11.4 Å². The van der Waals surface area contributed by atoms with E-state index in [0.29, 0.717) is 17.8 Å². The molecule has 0 saturated carbocycles. The summed E-state index contributed by atoms with van der Waals surface area (Å²) in [4.78, 5) is 27.8. The van der Waals surface area contributed by atoms with Gasteiger partial charge in [0.1, 0.15) is 6.07 Å². The number of nitriles is 1. The summed E-state index contributed by atoms with van der Waals surface area (Å²) in [6, 6.07) is 18.4. The molecule has 0 heterocycles. The van der Waals surface area contributed by atoms with E-state index < -0.39 is 0 Å². The van der Waals surface area contributed by atoms with Gasteiger partial charge in [-0.25, -0.2) is 0 Å². The van der Waals surface area contributed by atoms with Gasteiger partial charge in [-0.1, -0.05) is 30.3 Å². The third-order valence-electron chi connectivity index (χ3n) is 3.93. The summed E-state index contributed by atoms with van der Waals surface area (Å²) in [5.74, 6) is -0.257. The van der Waals surface area contributed by atoms with Crippen molar-refractivity contribution >= 4 is 23.2 Å². The van der Waals surface area contributed by atoms with Gasteiger partial charge in [-0.05, 0) is 31.2 Å². The number of nitrogens with zero attached hydrogens (tertiary/aromatic N) is 3. The van der Waals surface area contributed by atoms with Crippen LogP contribution in [0.2, 0.25) is 0 Å². The van der Waals surface area contributed by atoms with Gasteiger partial charge in [-0.3, -0.25) is 9.59 Å². The van der Waals surface area contributed by atoms with Gasteiger partial charge in [0.15, 0.2) is 0 Å². The molecule has 0 aliphatic heterocycles. The lowest BCUT2D eigenvalue weighted by atomic mass is 10.1. The van der Waals surface area contributed by atoms with E-state index in [1.54, 1.807) is 29.2 Å². The average molecular weight is 335 g/mol. The molecule has 128 valence electrons. The zero-order valence-corrected chi connectivity index (χ0v) is 14.5. The number of anilines is 2. The van der Waals surface area contributed by atoms with E-state index in [4.69, 9.17) is 0 Å². The zero-order chi connectivity index (χ0) is 18.2. The summed E-state index contributed by atoms with van der Waals surface area (Å²) < 4.78 is 0. The van der Waals surface area contributed by atoms with Crippen molar-refractivity contribution in [3.05, 3.63) is 60.2 Å².